The third-order valence-corrected chi connectivity index (χ3v) is 3.90. The minimum atomic E-state index is -0.206. The third-order valence-electron chi connectivity index (χ3n) is 3.90. The highest BCUT2D eigenvalue weighted by molar-refractivity contribution is 5.97. The number of hydrogen-bond acceptors (Lipinski definition) is 3. The molecule has 0 radical (unpaired) electrons. The molecule has 3 aromatic rings. The third kappa shape index (κ3) is 3.68. The number of aromatic nitrogens is 2. The Morgan fingerprint density at radius 2 is 1.92 bits per heavy atom. The summed E-state index contributed by atoms with van der Waals surface area (Å²) in [6.07, 6.45) is 0. The van der Waals surface area contributed by atoms with Gasteiger partial charge in [-0.15, -0.1) is 0 Å². The largest absolute Gasteiger partial charge is 0.346 e. The van der Waals surface area contributed by atoms with Crippen LogP contribution in [0.1, 0.15) is 29.9 Å². The number of anilines is 1. The number of carbonyl (C=O) groups is 2. The number of aryl methyl sites for hydroxylation is 1. The van der Waals surface area contributed by atoms with Crippen LogP contribution in [0, 0.1) is 0 Å². The lowest BCUT2D eigenvalue weighted by Gasteiger charge is -2.06. The lowest BCUT2D eigenvalue weighted by molar-refractivity contribution is -0.114. The summed E-state index contributed by atoms with van der Waals surface area (Å²) in [5.74, 6) is -0.378. The van der Waals surface area contributed by atoms with Crippen LogP contribution in [-0.4, -0.2) is 21.6 Å². The molecule has 0 saturated heterocycles. The predicted octanol–water partition coefficient (Wildman–Crippen LogP) is 2.94. The number of hydrogen-bond donors (Lipinski definition) is 2. The van der Waals surface area contributed by atoms with Gasteiger partial charge in [0.2, 0.25) is 5.91 Å². The molecule has 0 fully saturated rings. The van der Waals surface area contributed by atoms with Crippen LogP contribution >= 0.6 is 0 Å². The first kappa shape index (κ1) is 16.7. The van der Waals surface area contributed by atoms with E-state index < -0.39 is 0 Å². The predicted molar refractivity (Wildman–Crippen MR) is 97.3 cm³/mol. The fraction of sp³-hybridized carbons (Fsp3) is 0.211. The highest BCUT2D eigenvalue weighted by Crippen LogP contribution is 2.18. The average molecular weight is 336 g/mol. The Hall–Kier alpha value is -3.15. The number of carbonyl (C=O) groups excluding carboxylic acids is 2. The maximum atomic E-state index is 12.4. The van der Waals surface area contributed by atoms with Gasteiger partial charge in [-0.1, -0.05) is 24.3 Å². The van der Waals surface area contributed by atoms with E-state index >= 15 is 0 Å². The Bertz CT molecular complexity index is 930. The second-order valence-corrected chi connectivity index (χ2v) is 5.72. The topological polar surface area (TPSA) is 76.0 Å². The van der Waals surface area contributed by atoms with Crippen molar-refractivity contribution >= 4 is 28.4 Å². The minimum Gasteiger partial charge on any atom is -0.346 e. The van der Waals surface area contributed by atoms with Crippen molar-refractivity contribution in [1.82, 2.24) is 15.1 Å². The molecule has 0 spiro atoms. The number of rotatable bonds is 5. The number of nitrogens with one attached hydrogen (secondary N) is 2. The van der Waals surface area contributed by atoms with Crippen LogP contribution in [0.25, 0.3) is 10.9 Å². The number of para-hydroxylation sites is 1. The molecule has 0 bridgehead atoms. The minimum absolute atomic E-state index is 0.172. The van der Waals surface area contributed by atoms with Crippen molar-refractivity contribution in [3.05, 3.63) is 59.8 Å². The molecular weight excluding hydrogens is 316 g/mol. The lowest BCUT2D eigenvalue weighted by Crippen LogP contribution is -2.23. The highest BCUT2D eigenvalue weighted by atomic mass is 16.2. The van der Waals surface area contributed by atoms with E-state index in [4.69, 9.17) is 0 Å². The number of fused-ring (bicyclic) bond motifs is 1. The maximum Gasteiger partial charge on any atom is 0.251 e. The van der Waals surface area contributed by atoms with Crippen molar-refractivity contribution < 1.29 is 9.59 Å². The van der Waals surface area contributed by atoms with Crippen LogP contribution in [0.15, 0.2) is 48.5 Å². The van der Waals surface area contributed by atoms with Gasteiger partial charge >= 0.3 is 0 Å². The summed E-state index contributed by atoms with van der Waals surface area (Å²) < 4.78 is 1.92. The van der Waals surface area contributed by atoms with Crippen LogP contribution in [-0.2, 0) is 17.9 Å². The first-order chi connectivity index (χ1) is 12.1. The first-order valence-corrected chi connectivity index (χ1v) is 8.18. The molecule has 3 rings (SSSR count). The van der Waals surface area contributed by atoms with Crippen molar-refractivity contribution in [1.29, 1.82) is 0 Å². The zero-order chi connectivity index (χ0) is 17.8. The van der Waals surface area contributed by atoms with Crippen molar-refractivity contribution in [2.75, 3.05) is 5.32 Å². The van der Waals surface area contributed by atoms with E-state index in [9.17, 15) is 9.59 Å². The van der Waals surface area contributed by atoms with E-state index in [2.05, 4.69) is 15.7 Å². The Kier molecular flexibility index (Phi) is 4.79. The number of amides is 2. The van der Waals surface area contributed by atoms with Gasteiger partial charge in [0.15, 0.2) is 0 Å². The molecule has 2 amide bonds. The van der Waals surface area contributed by atoms with Gasteiger partial charge in [-0.05, 0) is 31.2 Å². The van der Waals surface area contributed by atoms with Crippen molar-refractivity contribution in [2.24, 2.45) is 0 Å². The molecule has 6 nitrogen and oxygen atoms in total. The molecule has 2 N–H and O–H groups in total. The van der Waals surface area contributed by atoms with Crippen LogP contribution < -0.4 is 10.6 Å². The lowest BCUT2D eigenvalue weighted by atomic mass is 10.1. The summed E-state index contributed by atoms with van der Waals surface area (Å²) in [6, 6.07) is 14.8. The van der Waals surface area contributed by atoms with Crippen LogP contribution in [0.2, 0.25) is 0 Å². The van der Waals surface area contributed by atoms with Gasteiger partial charge in [0.1, 0.15) is 0 Å². The van der Waals surface area contributed by atoms with Crippen molar-refractivity contribution in [3.63, 3.8) is 0 Å². The van der Waals surface area contributed by atoms with Gasteiger partial charge in [0, 0.05) is 30.1 Å². The maximum absolute atomic E-state index is 12.4. The average Bonchev–Trinajstić information content (AvgIpc) is 2.97. The summed E-state index contributed by atoms with van der Waals surface area (Å²) in [5, 5.41) is 11.2. The standard InChI is InChI=1S/C19H20N4O2/c1-3-23-18-10-5-4-9-16(18)17(22-23)12-20-19(25)14-7-6-8-15(11-14)21-13(2)24/h4-11H,3,12H2,1-2H3,(H,20,25)(H,21,24). The van der Waals surface area contributed by atoms with E-state index in [-0.39, 0.29) is 11.8 Å². The van der Waals surface area contributed by atoms with Gasteiger partial charge in [-0.25, -0.2) is 0 Å². The van der Waals surface area contributed by atoms with E-state index in [1.807, 2.05) is 35.9 Å². The summed E-state index contributed by atoms with van der Waals surface area (Å²) in [4.78, 5) is 23.5. The summed E-state index contributed by atoms with van der Waals surface area (Å²) >= 11 is 0. The SMILES string of the molecule is CCn1nc(CNC(=O)c2cccc(NC(C)=O)c2)c2ccccc21. The molecule has 128 valence electrons. The number of nitrogens with zero attached hydrogens (tertiary/aromatic N) is 2. The molecule has 1 aromatic heterocycles. The monoisotopic (exact) mass is 336 g/mol. The first-order valence-electron chi connectivity index (χ1n) is 8.18. The van der Waals surface area contributed by atoms with Gasteiger partial charge in [0.05, 0.1) is 17.8 Å². The van der Waals surface area contributed by atoms with Crippen molar-refractivity contribution in [2.45, 2.75) is 26.9 Å². The summed E-state index contributed by atoms with van der Waals surface area (Å²) in [5.41, 5.74) is 2.98. The van der Waals surface area contributed by atoms with E-state index in [1.54, 1.807) is 24.3 Å². The van der Waals surface area contributed by atoms with Gasteiger partial charge in [-0.3, -0.25) is 14.3 Å². The molecule has 0 atom stereocenters. The van der Waals surface area contributed by atoms with E-state index in [1.165, 1.54) is 6.92 Å². The van der Waals surface area contributed by atoms with Crippen LogP contribution in [0.4, 0.5) is 5.69 Å². The van der Waals surface area contributed by atoms with E-state index in [0.717, 1.165) is 23.1 Å². The second kappa shape index (κ2) is 7.17. The number of benzene rings is 2. The molecule has 25 heavy (non-hydrogen) atoms. The molecule has 2 aromatic carbocycles. The van der Waals surface area contributed by atoms with Crippen LogP contribution in [0.5, 0.6) is 0 Å². The molecule has 0 unspecified atom stereocenters. The van der Waals surface area contributed by atoms with Gasteiger partial charge in [0.25, 0.3) is 5.91 Å². The zero-order valence-electron chi connectivity index (χ0n) is 14.2. The molecule has 0 aliphatic rings. The molecule has 0 aliphatic heterocycles. The highest BCUT2D eigenvalue weighted by Gasteiger charge is 2.11. The quantitative estimate of drug-likeness (QED) is 0.752. The molecule has 0 saturated carbocycles. The van der Waals surface area contributed by atoms with Gasteiger partial charge < -0.3 is 10.6 Å². The summed E-state index contributed by atoms with van der Waals surface area (Å²) in [6.45, 7) is 4.58. The molecule has 0 aliphatic carbocycles. The normalized spacial score (nSPS) is 10.6. The molecular formula is C19H20N4O2. The Labute approximate surface area is 145 Å². The van der Waals surface area contributed by atoms with E-state index in [0.29, 0.717) is 17.8 Å². The fourth-order valence-corrected chi connectivity index (χ4v) is 2.78. The Morgan fingerprint density at radius 3 is 2.68 bits per heavy atom. The second-order valence-electron chi connectivity index (χ2n) is 5.72. The zero-order valence-corrected chi connectivity index (χ0v) is 14.2. The van der Waals surface area contributed by atoms with Gasteiger partial charge in [-0.2, -0.15) is 5.10 Å². The smallest absolute Gasteiger partial charge is 0.251 e. The Morgan fingerprint density at radius 1 is 1.12 bits per heavy atom. The van der Waals surface area contributed by atoms with Crippen molar-refractivity contribution in [3.8, 4) is 0 Å². The summed E-state index contributed by atoms with van der Waals surface area (Å²) in [7, 11) is 0. The van der Waals surface area contributed by atoms with Crippen LogP contribution in [0.3, 0.4) is 0 Å². The Balaban J connectivity index is 1.76. The molecule has 6 heteroatoms. The fourth-order valence-electron chi connectivity index (χ4n) is 2.78. The molecule has 1 heterocycles.